The van der Waals surface area contributed by atoms with Crippen LogP contribution in [0.4, 0.5) is 5.82 Å². The van der Waals surface area contributed by atoms with Gasteiger partial charge in [0.2, 0.25) is 0 Å². The van der Waals surface area contributed by atoms with Gasteiger partial charge in [-0.2, -0.15) is 9.97 Å². The van der Waals surface area contributed by atoms with Crippen molar-refractivity contribution in [2.45, 2.75) is 39.3 Å². The second-order valence-electron chi connectivity index (χ2n) is 4.60. The standard InChI is InChI=1S/C12H19N5O2/c1-8(2)19-12-15-10(13)9-11(16-12)17(7-14-9)5-3-4-6-18/h7-8,18H,3-6H2,1-2H3,(H2,13,15,16). The van der Waals surface area contributed by atoms with Crippen LogP contribution in [0.3, 0.4) is 0 Å². The van der Waals surface area contributed by atoms with Gasteiger partial charge >= 0.3 is 6.01 Å². The average molecular weight is 265 g/mol. The van der Waals surface area contributed by atoms with Crippen molar-refractivity contribution in [1.29, 1.82) is 0 Å². The van der Waals surface area contributed by atoms with E-state index in [1.165, 1.54) is 0 Å². The van der Waals surface area contributed by atoms with Crippen molar-refractivity contribution in [2.75, 3.05) is 12.3 Å². The summed E-state index contributed by atoms with van der Waals surface area (Å²) in [5.41, 5.74) is 7.11. The van der Waals surface area contributed by atoms with Crippen LogP contribution < -0.4 is 10.5 Å². The highest BCUT2D eigenvalue weighted by Crippen LogP contribution is 2.20. The molecule has 0 aliphatic rings. The van der Waals surface area contributed by atoms with E-state index < -0.39 is 0 Å². The number of nitrogen functional groups attached to an aromatic ring is 1. The third-order valence-electron chi connectivity index (χ3n) is 2.62. The number of hydrogen-bond donors (Lipinski definition) is 2. The predicted octanol–water partition coefficient (Wildman–Crippen LogP) is 0.968. The minimum absolute atomic E-state index is 0.0115. The van der Waals surface area contributed by atoms with E-state index in [-0.39, 0.29) is 18.7 Å². The highest BCUT2D eigenvalue weighted by molar-refractivity contribution is 5.81. The number of aromatic nitrogens is 4. The maximum atomic E-state index is 8.81. The van der Waals surface area contributed by atoms with Crippen LogP contribution in [0.1, 0.15) is 26.7 Å². The molecule has 2 aromatic heterocycles. The maximum Gasteiger partial charge on any atom is 0.320 e. The largest absolute Gasteiger partial charge is 0.461 e. The van der Waals surface area contributed by atoms with Crippen LogP contribution >= 0.6 is 0 Å². The van der Waals surface area contributed by atoms with Crippen LogP contribution in [0, 0.1) is 0 Å². The molecule has 7 heteroatoms. The molecule has 0 bridgehead atoms. The number of aryl methyl sites for hydroxylation is 1. The van der Waals surface area contributed by atoms with E-state index in [0.717, 1.165) is 19.4 Å². The van der Waals surface area contributed by atoms with Gasteiger partial charge in [0, 0.05) is 13.2 Å². The lowest BCUT2D eigenvalue weighted by Gasteiger charge is -2.09. The number of nitrogens with two attached hydrogens (primary N) is 1. The van der Waals surface area contributed by atoms with Gasteiger partial charge in [0.05, 0.1) is 12.4 Å². The molecular weight excluding hydrogens is 246 g/mol. The molecule has 3 N–H and O–H groups in total. The number of anilines is 1. The van der Waals surface area contributed by atoms with Crippen molar-refractivity contribution in [1.82, 2.24) is 19.5 Å². The van der Waals surface area contributed by atoms with Crippen molar-refractivity contribution in [3.05, 3.63) is 6.33 Å². The molecule has 0 saturated carbocycles. The summed E-state index contributed by atoms with van der Waals surface area (Å²) < 4.78 is 7.37. The number of nitrogens with zero attached hydrogens (tertiary/aromatic N) is 4. The Bertz CT molecular complexity index is 552. The molecular formula is C12H19N5O2. The lowest BCUT2D eigenvalue weighted by Crippen LogP contribution is -2.10. The lowest BCUT2D eigenvalue weighted by atomic mass is 10.3. The Balaban J connectivity index is 2.30. The van der Waals surface area contributed by atoms with Gasteiger partial charge in [-0.25, -0.2) is 4.98 Å². The zero-order valence-corrected chi connectivity index (χ0v) is 11.2. The molecule has 0 atom stereocenters. The Kier molecular flexibility index (Phi) is 4.16. The van der Waals surface area contributed by atoms with Gasteiger partial charge < -0.3 is 20.1 Å². The van der Waals surface area contributed by atoms with E-state index in [1.807, 2.05) is 18.4 Å². The number of aliphatic hydroxyl groups is 1. The molecule has 0 aliphatic heterocycles. The van der Waals surface area contributed by atoms with Crippen molar-refractivity contribution < 1.29 is 9.84 Å². The highest BCUT2D eigenvalue weighted by Gasteiger charge is 2.12. The lowest BCUT2D eigenvalue weighted by molar-refractivity contribution is 0.223. The quantitative estimate of drug-likeness (QED) is 0.755. The van der Waals surface area contributed by atoms with Crippen LogP contribution in [0.15, 0.2) is 6.33 Å². The molecule has 19 heavy (non-hydrogen) atoms. The summed E-state index contributed by atoms with van der Waals surface area (Å²) in [7, 11) is 0. The predicted molar refractivity (Wildman–Crippen MR) is 71.8 cm³/mol. The van der Waals surface area contributed by atoms with E-state index in [0.29, 0.717) is 17.0 Å². The molecule has 0 radical (unpaired) electrons. The maximum absolute atomic E-state index is 8.81. The molecule has 0 aliphatic carbocycles. The first-order valence-electron chi connectivity index (χ1n) is 6.37. The minimum atomic E-state index is -0.0115. The topological polar surface area (TPSA) is 99.1 Å². The van der Waals surface area contributed by atoms with Crippen LogP contribution in [0.2, 0.25) is 0 Å². The number of unbranched alkanes of at least 4 members (excludes halogenated alkanes) is 1. The van der Waals surface area contributed by atoms with Crippen molar-refractivity contribution >= 4 is 17.0 Å². The number of ether oxygens (including phenoxy) is 1. The summed E-state index contributed by atoms with van der Waals surface area (Å²) in [4.78, 5) is 12.6. The second-order valence-corrected chi connectivity index (χ2v) is 4.60. The molecule has 7 nitrogen and oxygen atoms in total. The van der Waals surface area contributed by atoms with Crippen LogP contribution in [0.25, 0.3) is 11.2 Å². The van der Waals surface area contributed by atoms with Gasteiger partial charge in [-0.3, -0.25) is 0 Å². The second kappa shape index (κ2) is 5.83. The van der Waals surface area contributed by atoms with E-state index in [2.05, 4.69) is 15.0 Å². The first-order valence-corrected chi connectivity index (χ1v) is 6.37. The first kappa shape index (κ1) is 13.5. The molecule has 0 aromatic carbocycles. The van der Waals surface area contributed by atoms with Crippen molar-refractivity contribution in [3.63, 3.8) is 0 Å². The van der Waals surface area contributed by atoms with Gasteiger partial charge in [0.25, 0.3) is 0 Å². The Morgan fingerprint density at radius 2 is 2.16 bits per heavy atom. The molecule has 2 rings (SSSR count). The summed E-state index contributed by atoms with van der Waals surface area (Å²) in [6.07, 6.45) is 3.27. The smallest absolute Gasteiger partial charge is 0.320 e. The SMILES string of the molecule is CC(C)Oc1nc(N)c2ncn(CCCCO)c2n1. The molecule has 0 spiro atoms. The van der Waals surface area contributed by atoms with E-state index >= 15 is 0 Å². The van der Waals surface area contributed by atoms with E-state index in [9.17, 15) is 0 Å². The van der Waals surface area contributed by atoms with Gasteiger partial charge in [-0.1, -0.05) is 0 Å². The Hall–Kier alpha value is -1.89. The summed E-state index contributed by atoms with van der Waals surface area (Å²) in [5, 5.41) is 8.81. The number of imidazole rings is 1. The summed E-state index contributed by atoms with van der Waals surface area (Å²) in [6.45, 7) is 4.73. The Labute approximate surface area is 111 Å². The van der Waals surface area contributed by atoms with Crippen LogP contribution in [-0.2, 0) is 6.54 Å². The monoisotopic (exact) mass is 265 g/mol. The average Bonchev–Trinajstić information content (AvgIpc) is 2.72. The third-order valence-corrected chi connectivity index (χ3v) is 2.62. The number of fused-ring (bicyclic) bond motifs is 1. The molecule has 2 aromatic rings. The third kappa shape index (κ3) is 3.11. The number of rotatable bonds is 6. The van der Waals surface area contributed by atoms with Crippen LogP contribution in [0.5, 0.6) is 6.01 Å². The highest BCUT2D eigenvalue weighted by atomic mass is 16.5. The molecule has 104 valence electrons. The van der Waals surface area contributed by atoms with Gasteiger partial charge in [-0.15, -0.1) is 0 Å². The molecule has 0 saturated heterocycles. The van der Waals surface area contributed by atoms with E-state index in [1.54, 1.807) is 6.33 Å². The summed E-state index contributed by atoms with van der Waals surface area (Å²) in [6, 6.07) is 0.268. The van der Waals surface area contributed by atoms with Crippen molar-refractivity contribution in [2.24, 2.45) is 0 Å². The van der Waals surface area contributed by atoms with Gasteiger partial charge in [0.15, 0.2) is 11.5 Å². The van der Waals surface area contributed by atoms with Gasteiger partial charge in [0.1, 0.15) is 5.52 Å². The van der Waals surface area contributed by atoms with E-state index in [4.69, 9.17) is 15.6 Å². The fourth-order valence-electron chi connectivity index (χ4n) is 1.77. The zero-order chi connectivity index (χ0) is 13.8. The molecule has 0 amide bonds. The molecule has 0 unspecified atom stereocenters. The molecule has 0 fully saturated rings. The molecule has 2 heterocycles. The fraction of sp³-hybridized carbons (Fsp3) is 0.583. The minimum Gasteiger partial charge on any atom is -0.461 e. The summed E-state index contributed by atoms with van der Waals surface area (Å²) in [5.74, 6) is 0.321. The Morgan fingerprint density at radius 3 is 2.84 bits per heavy atom. The fourth-order valence-corrected chi connectivity index (χ4v) is 1.77. The van der Waals surface area contributed by atoms with Gasteiger partial charge in [-0.05, 0) is 26.7 Å². The normalized spacial score (nSPS) is 11.4. The number of aliphatic hydroxyl groups excluding tert-OH is 1. The Morgan fingerprint density at radius 1 is 1.37 bits per heavy atom. The first-order chi connectivity index (χ1) is 9.11. The zero-order valence-electron chi connectivity index (χ0n) is 11.2. The number of hydrogen-bond acceptors (Lipinski definition) is 6. The van der Waals surface area contributed by atoms with Crippen LogP contribution in [-0.4, -0.2) is 37.3 Å². The summed E-state index contributed by atoms with van der Waals surface area (Å²) >= 11 is 0. The van der Waals surface area contributed by atoms with Crippen molar-refractivity contribution in [3.8, 4) is 6.01 Å².